The van der Waals surface area contributed by atoms with Crippen LogP contribution in [0.1, 0.15) is 78.6 Å². The van der Waals surface area contributed by atoms with Gasteiger partial charge in [-0.2, -0.15) is 0 Å². The first-order chi connectivity index (χ1) is 23.2. The van der Waals surface area contributed by atoms with E-state index in [2.05, 4.69) is 20.5 Å². The molecule has 0 aliphatic carbocycles. The largest absolute Gasteiger partial charge is 0.491 e. The van der Waals surface area contributed by atoms with E-state index in [1.807, 2.05) is 41.5 Å². The van der Waals surface area contributed by atoms with Crippen molar-refractivity contribution in [1.82, 2.24) is 15.2 Å². The van der Waals surface area contributed by atoms with Gasteiger partial charge in [-0.05, 0) is 88.8 Å². The third-order valence-electron chi connectivity index (χ3n) is 6.83. The minimum Gasteiger partial charge on any atom is -0.491 e. The third-order valence-corrected chi connectivity index (χ3v) is 9.90. The Labute approximate surface area is 293 Å². The van der Waals surface area contributed by atoms with Crippen molar-refractivity contribution in [3.63, 3.8) is 0 Å². The lowest BCUT2D eigenvalue weighted by atomic mass is 10.1. The standard InChI is InChI=1S/C35H49N4O8PS/c1-9-44-33(41)30(17-22(3)4)38-48(43,39-31(18-23(5)6)34(42)45-10-2)29-13-11-26(12-14-29)47-28-20-25(19-27(21-28)46-24(7)8)32(40)37-35-36-15-16-49-35/h11-16,19-24,30-31H,9-10,17-18H2,1-8H3,(H,36,37,40)(H2,38,39,43)/t30-,31-/m0/s1. The van der Waals surface area contributed by atoms with Crippen molar-refractivity contribution in [2.75, 3.05) is 18.5 Å². The summed E-state index contributed by atoms with van der Waals surface area (Å²) in [5, 5.41) is 11.4. The van der Waals surface area contributed by atoms with Crippen molar-refractivity contribution in [3.8, 4) is 17.2 Å². The Kier molecular flexibility index (Phi) is 15.3. The highest BCUT2D eigenvalue weighted by Gasteiger charge is 2.37. The lowest BCUT2D eigenvalue weighted by Crippen LogP contribution is -2.47. The highest BCUT2D eigenvalue weighted by molar-refractivity contribution is 7.67. The van der Waals surface area contributed by atoms with E-state index < -0.39 is 31.5 Å². The number of aromatic nitrogens is 1. The van der Waals surface area contributed by atoms with Crippen molar-refractivity contribution in [2.24, 2.45) is 11.8 Å². The van der Waals surface area contributed by atoms with Crippen LogP contribution in [-0.4, -0.2) is 54.2 Å². The molecule has 0 saturated heterocycles. The molecule has 0 saturated carbocycles. The molecule has 3 N–H and O–H groups in total. The molecule has 3 aromatic rings. The molecule has 0 bridgehead atoms. The Balaban J connectivity index is 1.98. The number of ether oxygens (including phenoxy) is 4. The monoisotopic (exact) mass is 716 g/mol. The van der Waals surface area contributed by atoms with E-state index in [1.54, 1.807) is 67.9 Å². The predicted octanol–water partition coefficient (Wildman–Crippen LogP) is 6.93. The van der Waals surface area contributed by atoms with Crippen molar-refractivity contribution >= 4 is 47.1 Å². The normalized spacial score (nSPS) is 12.9. The van der Waals surface area contributed by atoms with Crippen LogP contribution in [0, 0.1) is 11.8 Å². The maximum atomic E-state index is 14.9. The molecule has 1 heterocycles. The van der Waals surface area contributed by atoms with Gasteiger partial charge in [-0.15, -0.1) is 11.3 Å². The molecule has 1 aromatic heterocycles. The van der Waals surface area contributed by atoms with E-state index >= 15 is 0 Å². The number of hydrogen-bond acceptors (Lipinski definition) is 10. The molecule has 268 valence electrons. The lowest BCUT2D eigenvalue weighted by molar-refractivity contribution is -0.146. The molecule has 0 unspecified atom stereocenters. The molecule has 1 amide bonds. The van der Waals surface area contributed by atoms with Crippen LogP contribution in [0.4, 0.5) is 5.13 Å². The summed E-state index contributed by atoms with van der Waals surface area (Å²) < 4.78 is 37.6. The van der Waals surface area contributed by atoms with Crippen LogP contribution >= 0.6 is 18.8 Å². The number of carbonyl (C=O) groups excluding carboxylic acids is 3. The van der Waals surface area contributed by atoms with E-state index in [-0.39, 0.29) is 37.1 Å². The van der Waals surface area contributed by atoms with Gasteiger partial charge in [0.1, 0.15) is 29.3 Å². The first-order valence-corrected chi connectivity index (χ1v) is 19.1. The SMILES string of the molecule is CCOC(=O)[C@H](CC(C)C)NP(=O)(N[C@@H](CC(C)C)C(=O)OCC)c1ccc(Oc2cc(OC(C)C)cc(C(=O)Nc3nccs3)c2)cc1. The van der Waals surface area contributed by atoms with Crippen LogP contribution in [0.15, 0.2) is 54.0 Å². The number of amides is 1. The van der Waals surface area contributed by atoms with Crippen LogP contribution in [0.5, 0.6) is 17.2 Å². The zero-order valence-corrected chi connectivity index (χ0v) is 31.2. The molecule has 12 nitrogen and oxygen atoms in total. The molecule has 0 aliphatic heterocycles. The van der Waals surface area contributed by atoms with Gasteiger partial charge in [0.25, 0.3) is 5.91 Å². The summed E-state index contributed by atoms with van der Waals surface area (Å²) in [7, 11) is -3.86. The molecule has 14 heteroatoms. The van der Waals surface area contributed by atoms with Crippen LogP contribution in [0.25, 0.3) is 0 Å². The van der Waals surface area contributed by atoms with Gasteiger partial charge >= 0.3 is 11.9 Å². The fourth-order valence-corrected chi connectivity index (χ4v) is 7.64. The van der Waals surface area contributed by atoms with E-state index in [0.29, 0.717) is 46.1 Å². The number of hydrogen-bond donors (Lipinski definition) is 3. The number of rotatable bonds is 19. The van der Waals surface area contributed by atoms with Crippen molar-refractivity contribution in [1.29, 1.82) is 0 Å². The number of carbonyl (C=O) groups is 3. The Morgan fingerprint density at radius 3 is 1.82 bits per heavy atom. The van der Waals surface area contributed by atoms with Crippen LogP contribution in [0.2, 0.25) is 0 Å². The van der Waals surface area contributed by atoms with Crippen LogP contribution in [-0.2, 0) is 23.6 Å². The van der Waals surface area contributed by atoms with Crippen molar-refractivity contribution in [2.45, 2.75) is 86.4 Å². The first kappa shape index (κ1) is 39.7. The zero-order valence-electron chi connectivity index (χ0n) is 29.5. The quantitative estimate of drug-likeness (QED) is 0.0874. The molecule has 0 spiro atoms. The number of esters is 2. The Hall–Kier alpha value is -3.77. The number of anilines is 1. The van der Waals surface area contributed by atoms with Gasteiger partial charge in [-0.1, -0.05) is 27.7 Å². The summed E-state index contributed by atoms with van der Waals surface area (Å²) >= 11 is 1.30. The second-order valence-corrected chi connectivity index (χ2v) is 15.6. The minimum atomic E-state index is -3.86. The van der Waals surface area contributed by atoms with Gasteiger partial charge < -0.3 is 18.9 Å². The molecule has 2 atom stereocenters. The molecular weight excluding hydrogens is 667 g/mol. The highest BCUT2D eigenvalue weighted by Crippen LogP contribution is 2.39. The van der Waals surface area contributed by atoms with E-state index in [9.17, 15) is 18.9 Å². The minimum absolute atomic E-state index is 0.0756. The van der Waals surface area contributed by atoms with Gasteiger partial charge in [0.2, 0.25) is 7.44 Å². The van der Waals surface area contributed by atoms with Crippen molar-refractivity contribution in [3.05, 3.63) is 59.6 Å². The summed E-state index contributed by atoms with van der Waals surface area (Å²) in [6.07, 6.45) is 2.16. The van der Waals surface area contributed by atoms with Crippen LogP contribution < -0.4 is 30.3 Å². The Bertz CT molecular complexity index is 1530. The molecular formula is C35H49N4O8PS. The Morgan fingerprint density at radius 1 is 0.796 bits per heavy atom. The molecule has 49 heavy (non-hydrogen) atoms. The fourth-order valence-electron chi connectivity index (χ4n) is 4.87. The predicted molar refractivity (Wildman–Crippen MR) is 192 cm³/mol. The maximum absolute atomic E-state index is 14.9. The van der Waals surface area contributed by atoms with E-state index in [0.717, 1.165) is 0 Å². The van der Waals surface area contributed by atoms with E-state index in [1.165, 1.54) is 11.3 Å². The highest BCUT2D eigenvalue weighted by atomic mass is 32.1. The van der Waals surface area contributed by atoms with Crippen LogP contribution in [0.3, 0.4) is 0 Å². The summed E-state index contributed by atoms with van der Waals surface area (Å²) in [6.45, 7) is 15.3. The average molecular weight is 717 g/mol. The number of nitrogens with zero attached hydrogens (tertiary/aromatic N) is 1. The van der Waals surface area contributed by atoms with Crippen molar-refractivity contribution < 1.29 is 37.9 Å². The summed E-state index contributed by atoms with van der Waals surface area (Å²) in [4.78, 5) is 43.2. The molecule has 2 aromatic carbocycles. The fraction of sp³-hybridized carbons (Fsp3) is 0.486. The van der Waals surface area contributed by atoms with Gasteiger partial charge in [0, 0.05) is 28.5 Å². The maximum Gasteiger partial charge on any atom is 0.323 e. The second-order valence-electron chi connectivity index (χ2n) is 12.5. The van der Waals surface area contributed by atoms with Gasteiger partial charge in [-0.25, -0.2) is 15.2 Å². The van der Waals surface area contributed by atoms with Gasteiger partial charge in [-0.3, -0.25) is 24.3 Å². The van der Waals surface area contributed by atoms with Gasteiger partial charge in [0.15, 0.2) is 5.13 Å². The number of benzene rings is 2. The number of thiazole rings is 1. The summed E-state index contributed by atoms with van der Waals surface area (Å²) in [6, 6.07) is 9.53. The zero-order chi connectivity index (χ0) is 36.1. The molecule has 0 radical (unpaired) electrons. The lowest BCUT2D eigenvalue weighted by Gasteiger charge is -2.30. The summed E-state index contributed by atoms with van der Waals surface area (Å²) in [5.41, 5.74) is 0.309. The third kappa shape index (κ3) is 12.6. The Morgan fingerprint density at radius 2 is 1.35 bits per heavy atom. The summed E-state index contributed by atoms with van der Waals surface area (Å²) in [5.74, 6) is -0.127. The van der Waals surface area contributed by atoms with Gasteiger partial charge in [0.05, 0.1) is 19.3 Å². The molecule has 0 fully saturated rings. The molecule has 0 aliphatic rings. The smallest absolute Gasteiger partial charge is 0.323 e. The topological polar surface area (TPSA) is 154 Å². The molecule has 3 rings (SSSR count). The average Bonchev–Trinajstić information content (AvgIpc) is 3.53. The second kappa shape index (κ2) is 18.8. The van der Waals surface area contributed by atoms with E-state index in [4.69, 9.17) is 18.9 Å². The first-order valence-electron chi connectivity index (χ1n) is 16.5. The number of nitrogens with one attached hydrogen (secondary N) is 3.